The predicted octanol–water partition coefficient (Wildman–Crippen LogP) is 18.8. The van der Waals surface area contributed by atoms with Gasteiger partial charge in [-0.2, -0.15) is 0 Å². The summed E-state index contributed by atoms with van der Waals surface area (Å²) in [5.41, 5.74) is 4.48. The van der Waals surface area contributed by atoms with Crippen molar-refractivity contribution < 1.29 is 56.3 Å². The standard InChI is InChI=1S/2C43H45Cl2FN6O5/c2*1-23-18-31(50(19-25-8-13-28(54-6)14-9-25)20-26-10-15-29(55-7)16-11-26)49-37(34(23)44)32-35(45)40-33-38(36(32)46)47-22-48-41(33)51-21-27-12-17-30(39(51)24(2)56-40)52(27)42(53)57-43(3,4)5/h2*8-11,13-16,18,22,24,27,30,39H,12,17,19-21H2,1-7H3/t2*24-,27+,30-,39+/m00/s1. The number of fused-ring (bicyclic) bond motifs is 10. The Kier molecular flexibility index (Phi) is 21.9. The molecular weight excluding hydrogens is 1540 g/mol. The number of carbonyl (C=O) groups is 2. The predicted molar refractivity (Wildman–Crippen MR) is 439 cm³/mol. The topological polar surface area (TPSA) is 205 Å². The first-order chi connectivity index (χ1) is 54.5. The van der Waals surface area contributed by atoms with Crippen LogP contribution in [0.5, 0.6) is 34.5 Å². The second-order valence-corrected chi connectivity index (χ2v) is 33.3. The van der Waals surface area contributed by atoms with E-state index in [1.807, 2.05) is 188 Å². The number of methoxy groups -OCH3 is 4. The van der Waals surface area contributed by atoms with Gasteiger partial charge >= 0.3 is 12.2 Å². The first kappa shape index (κ1) is 79.1. The first-order valence-electron chi connectivity index (χ1n) is 38.1. The summed E-state index contributed by atoms with van der Waals surface area (Å²) in [4.78, 5) is 67.8. The highest BCUT2D eigenvalue weighted by atomic mass is 35.5. The number of amides is 2. The summed E-state index contributed by atoms with van der Waals surface area (Å²) < 4.78 is 81.4. The number of hydrogen-bond acceptors (Lipinski definition) is 20. The highest BCUT2D eigenvalue weighted by molar-refractivity contribution is 6.40. The maximum absolute atomic E-state index is 17.3. The fourth-order valence-electron chi connectivity index (χ4n) is 16.9. The lowest BCUT2D eigenvalue weighted by Crippen LogP contribution is -2.65. The third-order valence-electron chi connectivity index (χ3n) is 22.0. The molecule has 4 saturated heterocycles. The smallest absolute Gasteiger partial charge is 0.410 e. The minimum Gasteiger partial charge on any atom is -0.497 e. The molecule has 0 aliphatic carbocycles. The van der Waals surface area contributed by atoms with Crippen molar-refractivity contribution in [2.24, 2.45) is 0 Å². The third kappa shape index (κ3) is 15.1. The number of pyridine rings is 2. The summed E-state index contributed by atoms with van der Waals surface area (Å²) in [6.07, 6.45) is 4.13. The molecule has 28 heteroatoms. The molecular formula is C86H90Cl4F2N12O10. The lowest BCUT2D eigenvalue weighted by atomic mass is 9.98. The van der Waals surface area contributed by atoms with E-state index in [-0.39, 0.29) is 114 Å². The van der Waals surface area contributed by atoms with E-state index in [2.05, 4.69) is 29.6 Å². The van der Waals surface area contributed by atoms with Gasteiger partial charge < -0.3 is 57.5 Å². The summed E-state index contributed by atoms with van der Waals surface area (Å²) in [7, 11) is 6.53. The van der Waals surface area contributed by atoms with Crippen molar-refractivity contribution in [1.82, 2.24) is 39.7 Å². The molecule has 10 heterocycles. The average Bonchev–Trinajstić information content (AvgIpc) is 1.51. The minimum absolute atomic E-state index is 0.0136. The maximum Gasteiger partial charge on any atom is 0.410 e. The van der Waals surface area contributed by atoms with Crippen LogP contribution in [0.15, 0.2) is 122 Å². The van der Waals surface area contributed by atoms with Crippen LogP contribution in [0, 0.1) is 25.5 Å². The van der Waals surface area contributed by atoms with Crippen LogP contribution in [-0.2, 0) is 35.7 Å². The number of hydrogen-bond donors (Lipinski definition) is 0. The van der Waals surface area contributed by atoms with Gasteiger partial charge in [0, 0.05) is 39.3 Å². The van der Waals surface area contributed by atoms with Crippen LogP contribution >= 0.6 is 46.4 Å². The Morgan fingerprint density at radius 1 is 0.482 bits per heavy atom. The molecule has 0 saturated carbocycles. The van der Waals surface area contributed by atoms with Crippen molar-refractivity contribution in [3.05, 3.63) is 187 Å². The summed E-state index contributed by atoms with van der Waals surface area (Å²) in [6.45, 7) is 21.6. The molecule has 8 atom stereocenters. The van der Waals surface area contributed by atoms with Crippen LogP contribution < -0.4 is 48.0 Å². The molecule has 2 amide bonds. The van der Waals surface area contributed by atoms with E-state index in [1.165, 1.54) is 12.7 Å². The Balaban J connectivity index is 0.000000180. The summed E-state index contributed by atoms with van der Waals surface area (Å²) in [5.74, 6) is 4.25. The summed E-state index contributed by atoms with van der Waals surface area (Å²) in [6, 6.07) is 33.7. The zero-order chi connectivity index (χ0) is 80.7. The lowest BCUT2D eigenvalue weighted by molar-refractivity contribution is 0.00000316. The molecule has 16 rings (SSSR count). The van der Waals surface area contributed by atoms with Crippen molar-refractivity contribution in [2.45, 2.75) is 181 Å². The third-order valence-corrected chi connectivity index (χ3v) is 23.7. The second-order valence-electron chi connectivity index (χ2n) is 31.8. The van der Waals surface area contributed by atoms with Gasteiger partial charge in [0.25, 0.3) is 0 Å². The normalized spacial score (nSPS) is 19.8. The molecule has 6 aliphatic heterocycles. The molecule has 4 fully saturated rings. The number of anilines is 4. The van der Waals surface area contributed by atoms with Gasteiger partial charge in [0.15, 0.2) is 23.1 Å². The van der Waals surface area contributed by atoms with Gasteiger partial charge in [-0.15, -0.1) is 0 Å². The molecule has 4 bridgehead atoms. The Morgan fingerprint density at radius 3 is 1.10 bits per heavy atom. The van der Waals surface area contributed by atoms with E-state index < -0.39 is 35.0 Å². The number of aromatic nitrogens is 6. The van der Waals surface area contributed by atoms with Gasteiger partial charge in [-0.05, 0) is 189 Å². The lowest BCUT2D eigenvalue weighted by Gasteiger charge is -2.48. The molecule has 0 unspecified atom stereocenters. The molecule has 22 nitrogen and oxygen atoms in total. The zero-order valence-electron chi connectivity index (χ0n) is 66.0. The molecule has 4 aromatic heterocycles. The van der Waals surface area contributed by atoms with Crippen LogP contribution in [0.25, 0.3) is 44.3 Å². The number of carbonyl (C=O) groups excluding carboxylic acids is 2. The van der Waals surface area contributed by atoms with Crippen molar-refractivity contribution in [2.75, 3.05) is 61.1 Å². The number of nitrogens with zero attached hydrogens (tertiary/aromatic N) is 12. The van der Waals surface area contributed by atoms with Crippen molar-refractivity contribution in [1.29, 1.82) is 0 Å². The second kappa shape index (κ2) is 31.6. The van der Waals surface area contributed by atoms with Gasteiger partial charge in [0.1, 0.15) is 93.4 Å². The number of halogens is 6. The van der Waals surface area contributed by atoms with Crippen LogP contribution in [0.1, 0.15) is 114 Å². The first-order valence-corrected chi connectivity index (χ1v) is 39.6. The number of rotatable bonds is 16. The number of ether oxygens (including phenoxy) is 8. The van der Waals surface area contributed by atoms with E-state index in [1.54, 1.807) is 28.4 Å². The zero-order valence-corrected chi connectivity index (χ0v) is 69.0. The maximum atomic E-state index is 17.3. The summed E-state index contributed by atoms with van der Waals surface area (Å²) >= 11 is 28.7. The Labute approximate surface area is 681 Å². The van der Waals surface area contributed by atoms with Crippen molar-refractivity contribution in [3.63, 3.8) is 0 Å². The van der Waals surface area contributed by atoms with Gasteiger partial charge in [0.2, 0.25) is 0 Å². The fourth-order valence-corrected chi connectivity index (χ4v) is 17.9. The van der Waals surface area contributed by atoms with E-state index in [0.29, 0.717) is 84.4 Å². The number of piperazine rings is 2. The van der Waals surface area contributed by atoms with Crippen molar-refractivity contribution in [3.8, 4) is 57.0 Å². The highest BCUT2D eigenvalue weighted by Gasteiger charge is 2.56. The molecule has 0 spiro atoms. The Bertz CT molecular complexity index is 4910. The summed E-state index contributed by atoms with van der Waals surface area (Å²) in [5, 5.41) is 1.26. The molecule has 0 N–H and O–H groups in total. The minimum atomic E-state index is -0.685. The van der Waals surface area contributed by atoms with Crippen LogP contribution in [-0.4, -0.2) is 153 Å². The molecule has 596 valence electrons. The molecule has 0 radical (unpaired) electrons. The Morgan fingerprint density at radius 2 is 0.798 bits per heavy atom. The molecule has 114 heavy (non-hydrogen) atoms. The SMILES string of the molecule is COc1ccc(CN(Cc2ccc(OC)cc2)c2cc(C)c(Cl)c(-c3c(Cl)c4c5c(ncnc5c3F)N3C[C@H]5CC[C@@H]([C@H]3[C@H](C)O4)N5C(=O)OC(C)(C)C)n2)cc1.COc1ccc(CN(Cc2ccc(OC)cc2)c2cc(C)c(Cl)c(-c3c(Cl)c4c5c(ncnc5c3F)N3C[C@H]5CC[C@@H]([C@H]3[C@H](C)O4)N5C(=O)OC(C)(C)C)n2)cc1. The van der Waals surface area contributed by atoms with Crippen molar-refractivity contribution >= 4 is 104 Å². The molecule has 6 aromatic carbocycles. The van der Waals surface area contributed by atoms with E-state index in [9.17, 15) is 9.59 Å². The van der Waals surface area contributed by atoms with Gasteiger partial charge in [-0.1, -0.05) is 94.9 Å². The molecule has 6 aliphatic rings. The van der Waals surface area contributed by atoms with Gasteiger partial charge in [0.05, 0.1) is 118 Å². The number of benzene rings is 6. The van der Waals surface area contributed by atoms with E-state index >= 15 is 8.78 Å². The Hall–Kier alpha value is -10.1. The fraction of sp³-hybridized carbons (Fsp3) is 0.395. The van der Waals surface area contributed by atoms with Crippen LogP contribution in [0.2, 0.25) is 20.1 Å². The van der Waals surface area contributed by atoms with E-state index in [0.717, 1.165) is 70.9 Å². The van der Waals surface area contributed by atoms with Crippen LogP contribution in [0.4, 0.5) is 41.6 Å². The average molecular weight is 1630 g/mol. The van der Waals surface area contributed by atoms with Gasteiger partial charge in [-0.3, -0.25) is 9.80 Å². The quantitative estimate of drug-likeness (QED) is 0.0882. The largest absolute Gasteiger partial charge is 0.497 e. The highest BCUT2D eigenvalue weighted by Crippen LogP contribution is 2.55. The number of aryl methyl sites for hydroxylation is 2. The molecule has 10 aromatic rings. The van der Waals surface area contributed by atoms with Gasteiger partial charge in [-0.25, -0.2) is 48.3 Å². The van der Waals surface area contributed by atoms with Crippen LogP contribution in [0.3, 0.4) is 0 Å². The van der Waals surface area contributed by atoms with E-state index in [4.69, 9.17) is 104 Å². The monoisotopic (exact) mass is 1630 g/mol.